The number of hydrogen-bond acceptors (Lipinski definition) is 3. The zero-order valence-electron chi connectivity index (χ0n) is 9.35. The summed E-state index contributed by atoms with van der Waals surface area (Å²) in [6.07, 6.45) is 3.45. The number of hydrogen-bond donors (Lipinski definition) is 1. The van der Waals surface area contributed by atoms with Gasteiger partial charge < -0.3 is 5.73 Å². The van der Waals surface area contributed by atoms with Crippen LogP contribution < -0.4 is 5.73 Å². The van der Waals surface area contributed by atoms with Gasteiger partial charge in [0.05, 0.1) is 0 Å². The first-order chi connectivity index (χ1) is 7.13. The van der Waals surface area contributed by atoms with Crippen LogP contribution >= 0.6 is 0 Å². The van der Waals surface area contributed by atoms with Gasteiger partial charge in [0, 0.05) is 53.7 Å². The molecule has 0 aliphatic carbocycles. The summed E-state index contributed by atoms with van der Waals surface area (Å²) < 4.78 is 13.4. The molecule has 1 aromatic heterocycles. The molecule has 0 radical (unpaired) electrons. The molecule has 86 valence electrons. The first kappa shape index (κ1) is 12.4. The van der Waals surface area contributed by atoms with E-state index in [1.165, 1.54) is 0 Å². The Balaban J connectivity index is 2.31. The molecular formula is C10H19N3OS. The van der Waals surface area contributed by atoms with Gasteiger partial charge in [0.2, 0.25) is 0 Å². The molecule has 0 saturated heterocycles. The molecule has 0 fully saturated rings. The summed E-state index contributed by atoms with van der Waals surface area (Å²) in [5.74, 6) is 1.28. The first-order valence-electron chi connectivity index (χ1n) is 5.21. The van der Waals surface area contributed by atoms with Crippen molar-refractivity contribution in [1.29, 1.82) is 0 Å². The summed E-state index contributed by atoms with van der Waals surface area (Å²) in [4.78, 5) is 0. The fourth-order valence-electron chi connectivity index (χ4n) is 1.30. The van der Waals surface area contributed by atoms with Crippen LogP contribution in [0.3, 0.4) is 0 Å². The summed E-state index contributed by atoms with van der Waals surface area (Å²) in [5.41, 5.74) is 6.86. The van der Waals surface area contributed by atoms with Gasteiger partial charge in [0.25, 0.3) is 0 Å². The Bertz CT molecular complexity index is 324. The number of nitrogens with zero attached hydrogens (tertiary/aromatic N) is 2. The molecule has 0 aliphatic rings. The van der Waals surface area contributed by atoms with Crippen molar-refractivity contribution in [2.45, 2.75) is 25.8 Å². The third kappa shape index (κ3) is 4.13. The molecule has 4 nitrogen and oxygen atoms in total. The minimum absolute atomic E-state index is 0.0670. The maximum atomic E-state index is 11.6. The molecule has 0 spiro atoms. The number of aryl methyl sites for hydroxylation is 2. The Labute approximate surface area is 93.3 Å². The molecule has 1 aromatic rings. The standard InChI is InChI=1S/C10H19N3OS/c1-3-9(11)8-15(14)7-5-10-4-6-12-13(10)2/h4,6,9H,3,5,7-8,11H2,1-2H3. The molecule has 2 N–H and O–H groups in total. The van der Waals surface area contributed by atoms with Crippen molar-refractivity contribution in [3.05, 3.63) is 18.0 Å². The minimum Gasteiger partial charge on any atom is -0.327 e. The van der Waals surface area contributed by atoms with Gasteiger partial charge in [-0.3, -0.25) is 8.89 Å². The van der Waals surface area contributed by atoms with Crippen molar-refractivity contribution in [3.8, 4) is 0 Å². The van der Waals surface area contributed by atoms with Crippen LogP contribution in [0.5, 0.6) is 0 Å². The summed E-state index contributed by atoms with van der Waals surface area (Å²) in [6.45, 7) is 2.02. The van der Waals surface area contributed by atoms with Crippen LogP contribution in [0.1, 0.15) is 19.0 Å². The Morgan fingerprint density at radius 2 is 2.40 bits per heavy atom. The van der Waals surface area contributed by atoms with E-state index in [2.05, 4.69) is 5.10 Å². The zero-order valence-corrected chi connectivity index (χ0v) is 10.2. The smallest absolute Gasteiger partial charge is 0.0492 e. The van der Waals surface area contributed by atoms with E-state index in [1.54, 1.807) is 6.20 Å². The van der Waals surface area contributed by atoms with Crippen molar-refractivity contribution < 1.29 is 4.21 Å². The Kier molecular flexibility index (Phi) is 4.98. The van der Waals surface area contributed by atoms with Crippen LogP contribution in [0, 0.1) is 0 Å². The van der Waals surface area contributed by atoms with Crippen molar-refractivity contribution in [2.75, 3.05) is 11.5 Å². The summed E-state index contributed by atoms with van der Waals surface area (Å²) >= 11 is 0. The molecule has 1 heterocycles. The van der Waals surface area contributed by atoms with Crippen LogP contribution in [0.2, 0.25) is 0 Å². The van der Waals surface area contributed by atoms with Gasteiger partial charge in [-0.2, -0.15) is 5.10 Å². The first-order valence-corrected chi connectivity index (χ1v) is 6.69. The molecule has 0 bridgehead atoms. The van der Waals surface area contributed by atoms with Gasteiger partial charge in [0.1, 0.15) is 0 Å². The molecule has 5 heteroatoms. The highest BCUT2D eigenvalue weighted by atomic mass is 32.2. The van der Waals surface area contributed by atoms with Gasteiger partial charge in [0.15, 0.2) is 0 Å². The van der Waals surface area contributed by atoms with E-state index >= 15 is 0 Å². The Morgan fingerprint density at radius 1 is 1.67 bits per heavy atom. The Morgan fingerprint density at radius 3 is 2.93 bits per heavy atom. The lowest BCUT2D eigenvalue weighted by Crippen LogP contribution is -2.27. The van der Waals surface area contributed by atoms with Crippen molar-refractivity contribution in [3.63, 3.8) is 0 Å². The lowest BCUT2D eigenvalue weighted by molar-refractivity contribution is 0.660. The van der Waals surface area contributed by atoms with Crippen LogP contribution in [0.15, 0.2) is 12.3 Å². The van der Waals surface area contributed by atoms with Gasteiger partial charge in [-0.15, -0.1) is 0 Å². The lowest BCUT2D eigenvalue weighted by Gasteiger charge is -2.08. The third-order valence-corrected chi connectivity index (χ3v) is 3.89. The van der Waals surface area contributed by atoms with Gasteiger partial charge in [-0.05, 0) is 12.5 Å². The summed E-state index contributed by atoms with van der Waals surface area (Å²) in [5, 5.41) is 4.06. The van der Waals surface area contributed by atoms with E-state index in [-0.39, 0.29) is 6.04 Å². The predicted molar refractivity (Wildman–Crippen MR) is 63.1 cm³/mol. The second kappa shape index (κ2) is 6.02. The van der Waals surface area contributed by atoms with E-state index in [1.807, 2.05) is 24.7 Å². The average molecular weight is 229 g/mol. The highest BCUT2D eigenvalue weighted by molar-refractivity contribution is 7.85. The third-order valence-electron chi connectivity index (χ3n) is 2.43. The van der Waals surface area contributed by atoms with Crippen LogP contribution in [-0.4, -0.2) is 31.5 Å². The molecule has 15 heavy (non-hydrogen) atoms. The molecule has 0 aliphatic heterocycles. The molecule has 0 saturated carbocycles. The van der Waals surface area contributed by atoms with E-state index in [4.69, 9.17) is 5.73 Å². The maximum Gasteiger partial charge on any atom is 0.0492 e. The fourth-order valence-corrected chi connectivity index (χ4v) is 2.62. The van der Waals surface area contributed by atoms with E-state index < -0.39 is 10.8 Å². The lowest BCUT2D eigenvalue weighted by atomic mass is 10.3. The van der Waals surface area contributed by atoms with Crippen LogP contribution in [-0.2, 0) is 24.3 Å². The van der Waals surface area contributed by atoms with Gasteiger partial charge >= 0.3 is 0 Å². The maximum absolute atomic E-state index is 11.6. The predicted octanol–water partition coefficient (Wildman–Crippen LogP) is 0.449. The summed E-state index contributed by atoms with van der Waals surface area (Å²) in [6, 6.07) is 2.02. The summed E-state index contributed by atoms with van der Waals surface area (Å²) in [7, 11) is 1.09. The average Bonchev–Trinajstić information content (AvgIpc) is 2.61. The molecule has 2 unspecified atom stereocenters. The number of rotatable bonds is 6. The second-order valence-corrected chi connectivity index (χ2v) is 5.30. The molecule has 0 aromatic carbocycles. The Hall–Kier alpha value is -0.680. The highest BCUT2D eigenvalue weighted by Gasteiger charge is 2.07. The van der Waals surface area contributed by atoms with Crippen molar-refractivity contribution >= 4 is 10.8 Å². The topological polar surface area (TPSA) is 60.9 Å². The van der Waals surface area contributed by atoms with Gasteiger partial charge in [-0.25, -0.2) is 0 Å². The monoisotopic (exact) mass is 229 g/mol. The highest BCUT2D eigenvalue weighted by Crippen LogP contribution is 2.00. The molecule has 0 amide bonds. The van der Waals surface area contributed by atoms with Crippen molar-refractivity contribution in [1.82, 2.24) is 9.78 Å². The van der Waals surface area contributed by atoms with Gasteiger partial charge in [-0.1, -0.05) is 6.92 Å². The number of nitrogens with two attached hydrogens (primary N) is 1. The number of aromatic nitrogens is 2. The fraction of sp³-hybridized carbons (Fsp3) is 0.700. The minimum atomic E-state index is -0.809. The van der Waals surface area contributed by atoms with E-state index in [0.29, 0.717) is 11.5 Å². The van der Waals surface area contributed by atoms with Crippen LogP contribution in [0.25, 0.3) is 0 Å². The van der Waals surface area contributed by atoms with E-state index in [9.17, 15) is 4.21 Å². The van der Waals surface area contributed by atoms with Crippen LogP contribution in [0.4, 0.5) is 0 Å². The molecular weight excluding hydrogens is 210 g/mol. The largest absolute Gasteiger partial charge is 0.327 e. The second-order valence-electron chi connectivity index (χ2n) is 3.68. The zero-order chi connectivity index (χ0) is 11.3. The van der Waals surface area contributed by atoms with Crippen molar-refractivity contribution in [2.24, 2.45) is 12.8 Å². The quantitative estimate of drug-likeness (QED) is 0.770. The SMILES string of the molecule is CCC(N)CS(=O)CCc1ccnn1C. The molecule has 1 rings (SSSR count). The molecule has 2 atom stereocenters. The normalized spacial score (nSPS) is 15.1. The van der Waals surface area contributed by atoms with E-state index in [0.717, 1.165) is 18.5 Å².